The molecule has 0 radical (unpaired) electrons. The Bertz CT molecular complexity index is 1270. The number of nitrogens with zero attached hydrogens (tertiary/aromatic N) is 1. The summed E-state index contributed by atoms with van der Waals surface area (Å²) in [5.41, 5.74) is 3.66. The third-order valence-electron chi connectivity index (χ3n) is 5.19. The molecule has 1 saturated heterocycles. The van der Waals surface area contributed by atoms with Gasteiger partial charge in [-0.2, -0.15) is 0 Å². The van der Waals surface area contributed by atoms with E-state index in [4.69, 9.17) is 38.0 Å². The number of hydrogen-bond acceptors (Lipinski definition) is 6. The molecule has 0 atom stereocenters. The zero-order valence-electron chi connectivity index (χ0n) is 18.8. The summed E-state index contributed by atoms with van der Waals surface area (Å²) >= 11 is 12.9. The maximum Gasteiger partial charge on any atom is 0.270 e. The van der Waals surface area contributed by atoms with E-state index in [1.54, 1.807) is 31.4 Å². The predicted octanol–water partition coefficient (Wildman–Crippen LogP) is 6.65. The number of ether oxygens (including phenoxy) is 3. The fraction of sp³-hybridized carbons (Fsp3) is 0.154. The van der Waals surface area contributed by atoms with Crippen molar-refractivity contribution in [2.45, 2.75) is 13.5 Å². The van der Waals surface area contributed by atoms with Gasteiger partial charge in [-0.1, -0.05) is 71.5 Å². The molecule has 8 heteroatoms. The van der Waals surface area contributed by atoms with E-state index in [-0.39, 0.29) is 5.91 Å². The Hall–Kier alpha value is -3.00. The van der Waals surface area contributed by atoms with Crippen molar-refractivity contribution in [1.82, 2.24) is 0 Å². The molecule has 1 aliphatic heterocycles. The molecule has 3 aromatic rings. The van der Waals surface area contributed by atoms with Crippen LogP contribution >= 0.6 is 35.6 Å². The Labute approximate surface area is 213 Å². The molecular weight excluding hydrogens is 490 g/mol. The van der Waals surface area contributed by atoms with Gasteiger partial charge in [0.2, 0.25) is 0 Å². The number of amides is 1. The van der Waals surface area contributed by atoms with Crippen LogP contribution in [0.2, 0.25) is 5.02 Å². The SMILES string of the molecule is COc1ccc(N2C(=O)/C(=C\c3ccc(OCc4ccc(C)cc4)c(OC)c3)SC2=S)cc1Cl. The second-order valence-corrected chi connectivity index (χ2v) is 9.60. The zero-order valence-corrected chi connectivity index (χ0v) is 21.2. The van der Waals surface area contributed by atoms with Crippen LogP contribution in [0, 0.1) is 6.92 Å². The molecule has 0 aromatic heterocycles. The number of halogens is 1. The first kappa shape index (κ1) is 24.1. The number of carbonyl (C=O) groups is 1. The summed E-state index contributed by atoms with van der Waals surface area (Å²) in [4.78, 5) is 15.1. The van der Waals surface area contributed by atoms with Gasteiger partial charge >= 0.3 is 0 Å². The maximum absolute atomic E-state index is 13.1. The molecule has 1 heterocycles. The number of hydrogen-bond donors (Lipinski definition) is 0. The summed E-state index contributed by atoms with van der Waals surface area (Å²) < 4.78 is 17.1. The highest BCUT2D eigenvalue weighted by molar-refractivity contribution is 8.27. The highest BCUT2D eigenvalue weighted by Crippen LogP contribution is 2.39. The van der Waals surface area contributed by atoms with Crippen molar-refractivity contribution < 1.29 is 19.0 Å². The zero-order chi connectivity index (χ0) is 24.2. The highest BCUT2D eigenvalue weighted by Gasteiger charge is 2.33. The molecule has 4 rings (SSSR count). The normalized spacial score (nSPS) is 14.6. The van der Waals surface area contributed by atoms with Crippen LogP contribution in [0.4, 0.5) is 5.69 Å². The lowest BCUT2D eigenvalue weighted by Crippen LogP contribution is -2.27. The summed E-state index contributed by atoms with van der Waals surface area (Å²) in [6.07, 6.45) is 1.79. The Morgan fingerprint density at radius 1 is 0.971 bits per heavy atom. The average Bonchev–Trinajstić information content (AvgIpc) is 3.11. The van der Waals surface area contributed by atoms with E-state index in [1.165, 1.54) is 29.3 Å². The minimum atomic E-state index is -0.213. The van der Waals surface area contributed by atoms with E-state index >= 15 is 0 Å². The molecule has 1 aliphatic rings. The third-order valence-corrected chi connectivity index (χ3v) is 6.79. The van der Waals surface area contributed by atoms with Crippen molar-refractivity contribution >= 4 is 57.6 Å². The first-order valence-corrected chi connectivity index (χ1v) is 12.0. The van der Waals surface area contributed by atoms with Crippen molar-refractivity contribution in [2.75, 3.05) is 19.1 Å². The highest BCUT2D eigenvalue weighted by atomic mass is 35.5. The van der Waals surface area contributed by atoms with Crippen molar-refractivity contribution in [3.05, 3.63) is 87.3 Å². The molecule has 0 aliphatic carbocycles. The van der Waals surface area contributed by atoms with E-state index in [1.807, 2.05) is 37.3 Å². The molecular formula is C26H22ClNO4S2. The predicted molar refractivity (Wildman–Crippen MR) is 142 cm³/mol. The quantitative estimate of drug-likeness (QED) is 0.261. The molecule has 1 fully saturated rings. The number of carbonyl (C=O) groups excluding carboxylic acids is 1. The van der Waals surface area contributed by atoms with Gasteiger partial charge in [-0.15, -0.1) is 0 Å². The minimum Gasteiger partial charge on any atom is -0.495 e. The van der Waals surface area contributed by atoms with Gasteiger partial charge in [0.05, 0.1) is 29.8 Å². The number of benzene rings is 3. The number of thioether (sulfide) groups is 1. The number of thiocarbonyl (C=S) groups is 1. The largest absolute Gasteiger partial charge is 0.495 e. The van der Waals surface area contributed by atoms with Gasteiger partial charge in [-0.3, -0.25) is 9.69 Å². The molecule has 0 N–H and O–H groups in total. The average molecular weight is 512 g/mol. The van der Waals surface area contributed by atoms with Crippen LogP contribution in [0.15, 0.2) is 65.6 Å². The molecule has 3 aromatic carbocycles. The fourth-order valence-electron chi connectivity index (χ4n) is 3.37. The van der Waals surface area contributed by atoms with Crippen molar-refractivity contribution in [3.63, 3.8) is 0 Å². The van der Waals surface area contributed by atoms with Gasteiger partial charge in [0.25, 0.3) is 5.91 Å². The number of rotatable bonds is 7. The molecule has 34 heavy (non-hydrogen) atoms. The number of methoxy groups -OCH3 is 2. The summed E-state index contributed by atoms with van der Waals surface area (Å²) in [5.74, 6) is 1.53. The second kappa shape index (κ2) is 10.5. The van der Waals surface area contributed by atoms with Gasteiger partial charge in [0, 0.05) is 0 Å². The lowest BCUT2D eigenvalue weighted by Gasteiger charge is -2.15. The first-order chi connectivity index (χ1) is 16.4. The summed E-state index contributed by atoms with van der Waals surface area (Å²) in [7, 11) is 3.13. The van der Waals surface area contributed by atoms with Gasteiger partial charge in [0.15, 0.2) is 15.8 Å². The maximum atomic E-state index is 13.1. The molecule has 1 amide bonds. The Morgan fingerprint density at radius 3 is 2.35 bits per heavy atom. The summed E-state index contributed by atoms with van der Waals surface area (Å²) in [5, 5.41) is 0.406. The van der Waals surface area contributed by atoms with E-state index in [9.17, 15) is 4.79 Å². The van der Waals surface area contributed by atoms with Crippen LogP contribution in [0.3, 0.4) is 0 Å². The molecule has 0 spiro atoms. The minimum absolute atomic E-state index is 0.213. The fourth-order valence-corrected chi connectivity index (χ4v) is 4.93. The standard InChI is InChI=1S/C26H22ClNO4S2/c1-16-4-6-17(7-5-16)15-32-22-10-8-18(12-23(22)31-3)13-24-25(29)28(26(33)34-24)19-9-11-21(30-2)20(27)14-19/h4-14H,15H2,1-3H3/b24-13+. The lowest BCUT2D eigenvalue weighted by molar-refractivity contribution is -0.113. The van der Waals surface area contributed by atoms with Crippen LogP contribution in [0.25, 0.3) is 6.08 Å². The van der Waals surface area contributed by atoms with E-state index < -0.39 is 0 Å². The Kier molecular flexibility index (Phi) is 7.46. The topological polar surface area (TPSA) is 48.0 Å². The van der Waals surface area contributed by atoms with Gasteiger partial charge in [-0.05, 0) is 54.5 Å². The van der Waals surface area contributed by atoms with Crippen molar-refractivity contribution in [2.24, 2.45) is 0 Å². The van der Waals surface area contributed by atoms with E-state index in [0.29, 0.717) is 43.8 Å². The summed E-state index contributed by atoms with van der Waals surface area (Å²) in [6, 6.07) is 18.8. The molecule has 0 bridgehead atoms. The van der Waals surface area contributed by atoms with Crippen LogP contribution in [0.1, 0.15) is 16.7 Å². The number of aryl methyl sites for hydroxylation is 1. The van der Waals surface area contributed by atoms with Crippen LogP contribution in [0.5, 0.6) is 17.2 Å². The lowest BCUT2D eigenvalue weighted by atomic mass is 10.1. The molecule has 0 unspecified atom stereocenters. The van der Waals surface area contributed by atoms with Crippen molar-refractivity contribution in [1.29, 1.82) is 0 Å². The molecule has 5 nitrogen and oxygen atoms in total. The third kappa shape index (κ3) is 5.22. The van der Waals surface area contributed by atoms with Gasteiger partial charge in [-0.25, -0.2) is 0 Å². The Morgan fingerprint density at radius 2 is 1.68 bits per heavy atom. The smallest absolute Gasteiger partial charge is 0.270 e. The first-order valence-electron chi connectivity index (χ1n) is 10.4. The Balaban J connectivity index is 1.53. The molecule has 0 saturated carbocycles. The van der Waals surface area contributed by atoms with Gasteiger partial charge in [0.1, 0.15) is 12.4 Å². The monoisotopic (exact) mass is 511 g/mol. The number of anilines is 1. The second-order valence-electron chi connectivity index (χ2n) is 7.52. The van der Waals surface area contributed by atoms with E-state index in [2.05, 4.69) is 12.1 Å². The molecule has 174 valence electrons. The van der Waals surface area contributed by atoms with Crippen LogP contribution < -0.4 is 19.1 Å². The van der Waals surface area contributed by atoms with Crippen LogP contribution in [-0.2, 0) is 11.4 Å². The van der Waals surface area contributed by atoms with Crippen molar-refractivity contribution in [3.8, 4) is 17.2 Å². The van der Waals surface area contributed by atoms with Gasteiger partial charge < -0.3 is 14.2 Å². The van der Waals surface area contributed by atoms with E-state index in [0.717, 1.165) is 11.1 Å². The van der Waals surface area contributed by atoms with Crippen LogP contribution in [-0.4, -0.2) is 24.4 Å². The summed E-state index contributed by atoms with van der Waals surface area (Å²) in [6.45, 7) is 2.48.